The Morgan fingerprint density at radius 3 is 2.53 bits per heavy atom. The lowest BCUT2D eigenvalue weighted by atomic mass is 9.87. The molecule has 2 nitrogen and oxygen atoms in total. The molecule has 6 heteroatoms. The fourth-order valence-corrected chi connectivity index (χ4v) is 1.32. The first-order chi connectivity index (χ1) is 7.00. The molecule has 0 aliphatic heterocycles. The normalized spacial score (nSPS) is 11.9. The molecule has 78 valence electrons. The van der Waals surface area contributed by atoms with Crippen LogP contribution < -0.4 is 5.66 Å². The number of furan rings is 1. The van der Waals surface area contributed by atoms with Crippen LogP contribution in [-0.4, -0.2) is 13.3 Å². The lowest BCUT2D eigenvalue weighted by Crippen LogP contribution is -2.32. The Bertz CT molecular complexity index is 516. The maximum absolute atomic E-state index is 12.3. The first kappa shape index (κ1) is 9.83. The van der Waals surface area contributed by atoms with E-state index < -0.39 is 12.6 Å². The van der Waals surface area contributed by atoms with E-state index in [0.717, 1.165) is 6.07 Å². The molecule has 0 unspecified atom stereocenters. The van der Waals surface area contributed by atoms with Crippen LogP contribution in [0, 0.1) is 0 Å². The summed E-state index contributed by atoms with van der Waals surface area (Å²) < 4.78 is 41.5. The van der Waals surface area contributed by atoms with Gasteiger partial charge in [-0.05, 0) is 24.3 Å². The van der Waals surface area contributed by atoms with Gasteiger partial charge in [0.2, 0.25) is 0 Å². The molecule has 1 aromatic heterocycles. The Morgan fingerprint density at radius 2 is 1.93 bits per heavy atom. The van der Waals surface area contributed by atoms with E-state index in [1.165, 1.54) is 18.2 Å². The van der Waals surface area contributed by atoms with Crippen molar-refractivity contribution < 1.29 is 22.2 Å². The molecule has 2 rings (SSSR count). The summed E-state index contributed by atoms with van der Waals surface area (Å²) in [7, 11) is 0. The highest BCUT2D eigenvalue weighted by atomic mass is 19.4. The van der Waals surface area contributed by atoms with E-state index in [0.29, 0.717) is 11.8 Å². The minimum atomic E-state index is -5.13. The summed E-state index contributed by atoms with van der Waals surface area (Å²) in [6, 6.07) is 5.02. The predicted molar refractivity (Wildman–Crippen MR) is 50.3 cm³/mol. The van der Waals surface area contributed by atoms with E-state index >= 15 is 0 Å². The number of rotatable bonds is 2. The number of carbonyl (C=O) groups is 1. The van der Waals surface area contributed by atoms with E-state index in [4.69, 9.17) is 0 Å². The molecule has 1 heterocycles. The minimum Gasteiger partial charge on any atom is -0.493 e. The molecular weight excluding hydrogens is 208 g/mol. The summed E-state index contributed by atoms with van der Waals surface area (Å²) in [5, 5.41) is 0.286. The number of fused-ring (bicyclic) bond motifs is 1. The lowest BCUT2D eigenvalue weighted by molar-refractivity contribution is 0.112. The Balaban J connectivity index is 2.61. The van der Waals surface area contributed by atoms with Crippen LogP contribution in [0.1, 0.15) is 10.4 Å². The summed E-state index contributed by atoms with van der Waals surface area (Å²) in [5.41, 5.74) is -0.535. The Labute approximate surface area is 82.7 Å². The Kier molecular flexibility index (Phi) is 2.06. The molecule has 0 spiro atoms. The summed E-state index contributed by atoms with van der Waals surface area (Å²) in [6.45, 7) is -5.13. The van der Waals surface area contributed by atoms with Crippen molar-refractivity contribution in [3.63, 3.8) is 0 Å². The van der Waals surface area contributed by atoms with Crippen LogP contribution in [0.25, 0.3) is 11.0 Å². The van der Waals surface area contributed by atoms with E-state index in [2.05, 4.69) is 4.42 Å². The van der Waals surface area contributed by atoms with Crippen molar-refractivity contribution in [3.05, 3.63) is 29.8 Å². The average molecular weight is 213 g/mol. The highest BCUT2D eigenvalue weighted by molar-refractivity contribution is 6.72. The van der Waals surface area contributed by atoms with E-state index in [9.17, 15) is 17.7 Å². The van der Waals surface area contributed by atoms with Crippen LogP contribution in [0.5, 0.6) is 0 Å². The first-order valence-corrected chi connectivity index (χ1v) is 4.19. The van der Waals surface area contributed by atoms with Crippen LogP contribution in [-0.2, 0) is 0 Å². The fourth-order valence-electron chi connectivity index (χ4n) is 1.32. The van der Waals surface area contributed by atoms with Gasteiger partial charge in [-0.1, -0.05) is 0 Å². The monoisotopic (exact) mass is 213 g/mol. The molecule has 0 N–H and O–H groups in total. The molecule has 0 amide bonds. The van der Waals surface area contributed by atoms with Gasteiger partial charge >= 0.3 is 6.98 Å². The van der Waals surface area contributed by atoms with Crippen LogP contribution >= 0.6 is 0 Å². The fraction of sp³-hybridized carbons (Fsp3) is 0. The molecule has 2 aromatic rings. The summed E-state index contributed by atoms with van der Waals surface area (Å²) in [6.07, 6.45) is 0.574. The third kappa shape index (κ3) is 1.75. The van der Waals surface area contributed by atoms with Crippen molar-refractivity contribution >= 4 is 29.9 Å². The Hall–Kier alpha value is -1.72. The largest absolute Gasteiger partial charge is 0.544 e. The van der Waals surface area contributed by atoms with Crippen molar-refractivity contribution in [1.82, 2.24) is 0 Å². The third-order valence-corrected chi connectivity index (χ3v) is 2.02. The van der Waals surface area contributed by atoms with Crippen molar-refractivity contribution in [2.45, 2.75) is 0 Å². The van der Waals surface area contributed by atoms with Gasteiger partial charge in [0.25, 0.3) is 0 Å². The van der Waals surface area contributed by atoms with E-state index in [1.807, 2.05) is 0 Å². The van der Waals surface area contributed by atoms with Gasteiger partial charge in [-0.2, -0.15) is 0 Å². The van der Waals surface area contributed by atoms with E-state index in [1.54, 1.807) is 0 Å². The molecule has 0 saturated heterocycles. The molecular formula is C9H5BF3O2-. The highest BCUT2D eigenvalue weighted by Gasteiger charge is 2.30. The smallest absolute Gasteiger partial charge is 0.493 e. The zero-order chi connectivity index (χ0) is 11.1. The second-order valence-corrected chi connectivity index (χ2v) is 3.14. The number of benzene rings is 1. The number of hydrogen-bond acceptors (Lipinski definition) is 2. The average Bonchev–Trinajstić information content (AvgIpc) is 2.59. The van der Waals surface area contributed by atoms with E-state index in [-0.39, 0.29) is 11.0 Å². The van der Waals surface area contributed by atoms with Crippen LogP contribution in [0.4, 0.5) is 12.9 Å². The number of carbonyl (C=O) groups excluding carboxylic acids is 1. The molecule has 15 heavy (non-hydrogen) atoms. The molecule has 0 atom stereocenters. The molecule has 0 aliphatic rings. The topological polar surface area (TPSA) is 30.2 Å². The standard InChI is InChI=1S/C9H5BF3O2/c11-10(12,13)9-4-7-3-6(5-14)1-2-8(7)15-9/h1-5H/q-1. The van der Waals surface area contributed by atoms with Crippen molar-refractivity contribution in [2.75, 3.05) is 0 Å². The Morgan fingerprint density at radius 1 is 1.20 bits per heavy atom. The second-order valence-electron chi connectivity index (χ2n) is 3.14. The number of halogens is 3. The summed E-state index contributed by atoms with van der Waals surface area (Å²) in [5.74, 6) is 0. The SMILES string of the molecule is O=Cc1ccc2oc([B-](F)(F)F)cc2c1. The van der Waals surface area contributed by atoms with Crippen molar-refractivity contribution in [2.24, 2.45) is 0 Å². The van der Waals surface area contributed by atoms with Gasteiger partial charge in [-0.25, -0.2) is 0 Å². The quantitative estimate of drug-likeness (QED) is 0.565. The van der Waals surface area contributed by atoms with Gasteiger partial charge in [0.15, 0.2) is 0 Å². The predicted octanol–water partition coefficient (Wildman–Crippen LogP) is 2.30. The summed E-state index contributed by atoms with van der Waals surface area (Å²) >= 11 is 0. The lowest BCUT2D eigenvalue weighted by Gasteiger charge is -2.08. The van der Waals surface area contributed by atoms with Gasteiger partial charge in [0.05, 0.1) is 0 Å². The van der Waals surface area contributed by atoms with Crippen LogP contribution in [0.2, 0.25) is 0 Å². The zero-order valence-corrected chi connectivity index (χ0v) is 7.41. The zero-order valence-electron chi connectivity index (χ0n) is 7.41. The third-order valence-electron chi connectivity index (χ3n) is 2.02. The van der Waals surface area contributed by atoms with Crippen LogP contribution in [0.15, 0.2) is 28.7 Å². The van der Waals surface area contributed by atoms with Gasteiger partial charge in [-0.3, -0.25) is 4.79 Å². The second kappa shape index (κ2) is 3.15. The summed E-state index contributed by atoms with van der Waals surface area (Å²) in [4.78, 5) is 10.4. The van der Waals surface area contributed by atoms with Gasteiger partial charge < -0.3 is 17.4 Å². The van der Waals surface area contributed by atoms with Crippen molar-refractivity contribution in [3.8, 4) is 0 Å². The molecule has 0 aliphatic carbocycles. The number of hydrogen-bond donors (Lipinski definition) is 0. The molecule has 0 fully saturated rings. The molecule has 0 bridgehead atoms. The van der Waals surface area contributed by atoms with Gasteiger partial charge in [-0.15, -0.1) is 0 Å². The molecule has 0 saturated carbocycles. The maximum atomic E-state index is 12.3. The number of aldehydes is 1. The maximum Gasteiger partial charge on any atom is 0.544 e. The van der Waals surface area contributed by atoms with Crippen molar-refractivity contribution in [1.29, 1.82) is 0 Å². The first-order valence-electron chi connectivity index (χ1n) is 4.19. The highest BCUT2D eigenvalue weighted by Crippen LogP contribution is 2.19. The molecule has 0 radical (unpaired) electrons. The van der Waals surface area contributed by atoms with Gasteiger partial charge in [0, 0.05) is 16.6 Å². The van der Waals surface area contributed by atoms with Gasteiger partial charge in [0.1, 0.15) is 11.9 Å². The van der Waals surface area contributed by atoms with Crippen LogP contribution in [0.3, 0.4) is 0 Å². The molecule has 1 aromatic carbocycles. The minimum absolute atomic E-state index is 0.134.